The van der Waals surface area contributed by atoms with E-state index in [1.807, 2.05) is 38.1 Å². The molecule has 0 saturated carbocycles. The Morgan fingerprint density at radius 1 is 1.14 bits per heavy atom. The number of aryl methyl sites for hydroxylation is 2. The molecule has 1 atom stereocenters. The molecule has 0 radical (unpaired) electrons. The highest BCUT2D eigenvalue weighted by molar-refractivity contribution is 6.30. The van der Waals surface area contributed by atoms with Crippen LogP contribution in [0.5, 0.6) is 5.75 Å². The fraction of sp³-hybridized carbons (Fsp3) is 0.273. The van der Waals surface area contributed by atoms with E-state index in [4.69, 9.17) is 20.9 Å². The average Bonchev–Trinajstić information content (AvgIpc) is 3.07. The predicted octanol–water partition coefficient (Wildman–Crippen LogP) is 5.40. The summed E-state index contributed by atoms with van der Waals surface area (Å²) >= 11 is 5.89. The lowest BCUT2D eigenvalue weighted by Crippen LogP contribution is -2.29. The van der Waals surface area contributed by atoms with Crippen LogP contribution in [-0.2, 0) is 6.61 Å². The van der Waals surface area contributed by atoms with E-state index < -0.39 is 0 Å². The smallest absolute Gasteiger partial charge is 0.274 e. The fourth-order valence-corrected chi connectivity index (χ4v) is 3.00. The Kier molecular flexibility index (Phi) is 6.37. The van der Waals surface area contributed by atoms with Gasteiger partial charge in [-0.2, -0.15) is 0 Å². The Bertz CT molecular complexity index is 933. The van der Waals surface area contributed by atoms with Crippen LogP contribution < -0.4 is 10.1 Å². The summed E-state index contributed by atoms with van der Waals surface area (Å²) in [4.78, 5) is 12.8. The molecule has 0 bridgehead atoms. The molecule has 6 heteroatoms. The molecule has 28 heavy (non-hydrogen) atoms. The van der Waals surface area contributed by atoms with Gasteiger partial charge in [0, 0.05) is 5.02 Å². The molecule has 1 N–H and O–H groups in total. The zero-order chi connectivity index (χ0) is 20.1. The van der Waals surface area contributed by atoms with Gasteiger partial charge in [0.2, 0.25) is 0 Å². The van der Waals surface area contributed by atoms with Crippen molar-refractivity contribution in [2.24, 2.45) is 0 Å². The molecule has 5 nitrogen and oxygen atoms in total. The lowest BCUT2D eigenvalue weighted by molar-refractivity contribution is 0.0924. The van der Waals surface area contributed by atoms with Gasteiger partial charge in [0.15, 0.2) is 5.69 Å². The number of carbonyl (C=O) groups excluding carboxylic acids is 1. The number of rotatable bonds is 7. The van der Waals surface area contributed by atoms with Gasteiger partial charge < -0.3 is 14.6 Å². The number of nitrogens with zero attached hydrogens (tertiary/aromatic N) is 1. The van der Waals surface area contributed by atoms with Gasteiger partial charge in [0.05, 0.1) is 11.6 Å². The first kappa shape index (κ1) is 20.0. The highest BCUT2D eigenvalue weighted by atomic mass is 35.5. The van der Waals surface area contributed by atoms with Crippen molar-refractivity contribution in [1.82, 2.24) is 10.5 Å². The van der Waals surface area contributed by atoms with Crippen LogP contribution in [0.2, 0.25) is 5.02 Å². The van der Waals surface area contributed by atoms with Crippen molar-refractivity contribution in [2.45, 2.75) is 39.8 Å². The second kappa shape index (κ2) is 8.93. The number of benzene rings is 2. The Hall–Kier alpha value is -2.79. The third-order valence-electron chi connectivity index (χ3n) is 4.59. The number of hydrogen-bond acceptors (Lipinski definition) is 4. The second-order valence-electron chi connectivity index (χ2n) is 6.65. The molecule has 3 aromatic rings. The normalized spacial score (nSPS) is 11.9. The van der Waals surface area contributed by atoms with Crippen LogP contribution in [-0.4, -0.2) is 11.1 Å². The highest BCUT2D eigenvalue weighted by Crippen LogP contribution is 2.22. The van der Waals surface area contributed by atoms with E-state index >= 15 is 0 Å². The molecule has 3 rings (SSSR count). The van der Waals surface area contributed by atoms with Crippen LogP contribution in [0.3, 0.4) is 0 Å². The van der Waals surface area contributed by atoms with Gasteiger partial charge in [-0.15, -0.1) is 0 Å². The zero-order valence-electron chi connectivity index (χ0n) is 16.2. The molecule has 146 valence electrons. The third-order valence-corrected chi connectivity index (χ3v) is 4.84. The summed E-state index contributed by atoms with van der Waals surface area (Å²) in [5.74, 6) is 0.934. The SMILES string of the molecule is CCC(NC(=O)c1noc(C)c1COc1ccc(Cl)cc1)c1ccc(C)cc1. The summed E-state index contributed by atoms with van der Waals surface area (Å²) in [5, 5.41) is 7.63. The topological polar surface area (TPSA) is 64.4 Å². The zero-order valence-corrected chi connectivity index (χ0v) is 16.9. The molecular weight excluding hydrogens is 376 g/mol. The van der Waals surface area contributed by atoms with E-state index in [2.05, 4.69) is 10.5 Å². The van der Waals surface area contributed by atoms with Crippen LogP contribution in [0.4, 0.5) is 0 Å². The molecule has 1 unspecified atom stereocenters. The van der Waals surface area contributed by atoms with Crippen LogP contribution >= 0.6 is 11.6 Å². The van der Waals surface area contributed by atoms with Gasteiger partial charge in [0.1, 0.15) is 18.1 Å². The number of amides is 1. The predicted molar refractivity (Wildman–Crippen MR) is 109 cm³/mol. The van der Waals surface area contributed by atoms with Gasteiger partial charge in [-0.25, -0.2) is 0 Å². The molecular formula is C22H23ClN2O3. The molecule has 1 amide bonds. The first-order valence-corrected chi connectivity index (χ1v) is 9.56. The Morgan fingerprint density at radius 3 is 2.46 bits per heavy atom. The molecule has 0 saturated heterocycles. The van der Waals surface area contributed by atoms with Crippen molar-refractivity contribution >= 4 is 17.5 Å². The second-order valence-corrected chi connectivity index (χ2v) is 7.09. The highest BCUT2D eigenvalue weighted by Gasteiger charge is 2.23. The van der Waals surface area contributed by atoms with Crippen molar-refractivity contribution in [3.8, 4) is 5.75 Å². The third kappa shape index (κ3) is 4.73. The summed E-state index contributed by atoms with van der Waals surface area (Å²) in [6.07, 6.45) is 0.766. The standard InChI is InChI=1S/C22H23ClN2O3/c1-4-20(16-7-5-14(2)6-8-16)24-22(26)21-19(15(3)28-25-21)13-27-18-11-9-17(23)10-12-18/h5-12,20H,4,13H2,1-3H3,(H,24,26). The maximum Gasteiger partial charge on any atom is 0.274 e. The Morgan fingerprint density at radius 2 is 1.82 bits per heavy atom. The maximum atomic E-state index is 12.8. The quantitative estimate of drug-likeness (QED) is 0.578. The number of hydrogen-bond donors (Lipinski definition) is 1. The van der Waals surface area contributed by atoms with Gasteiger partial charge in [-0.3, -0.25) is 4.79 Å². The molecule has 0 aliphatic heterocycles. The summed E-state index contributed by atoms with van der Waals surface area (Å²) in [6, 6.07) is 15.1. The minimum absolute atomic E-state index is 0.102. The molecule has 1 aromatic heterocycles. The summed E-state index contributed by atoms with van der Waals surface area (Å²) < 4.78 is 11.0. The largest absolute Gasteiger partial charge is 0.489 e. The molecule has 0 spiro atoms. The van der Waals surface area contributed by atoms with Gasteiger partial charge in [-0.05, 0) is 50.1 Å². The Labute approximate surface area is 169 Å². The van der Waals surface area contributed by atoms with E-state index in [0.29, 0.717) is 22.1 Å². The van der Waals surface area contributed by atoms with Crippen LogP contribution in [0.25, 0.3) is 0 Å². The minimum Gasteiger partial charge on any atom is -0.489 e. The van der Waals surface area contributed by atoms with Crippen LogP contribution in [0, 0.1) is 13.8 Å². The van der Waals surface area contributed by atoms with E-state index in [0.717, 1.165) is 12.0 Å². The van der Waals surface area contributed by atoms with Crippen molar-refractivity contribution < 1.29 is 14.1 Å². The molecule has 0 aliphatic carbocycles. The number of ether oxygens (including phenoxy) is 1. The monoisotopic (exact) mass is 398 g/mol. The Balaban J connectivity index is 1.72. The van der Waals surface area contributed by atoms with E-state index in [-0.39, 0.29) is 24.2 Å². The number of carbonyl (C=O) groups is 1. The van der Waals surface area contributed by atoms with Gasteiger partial charge in [0.25, 0.3) is 5.91 Å². The minimum atomic E-state index is -0.279. The van der Waals surface area contributed by atoms with Gasteiger partial charge >= 0.3 is 0 Å². The van der Waals surface area contributed by atoms with E-state index in [1.54, 1.807) is 31.2 Å². The summed E-state index contributed by atoms with van der Waals surface area (Å²) in [6.45, 7) is 6.01. The van der Waals surface area contributed by atoms with E-state index in [9.17, 15) is 4.79 Å². The number of aromatic nitrogens is 1. The first-order valence-electron chi connectivity index (χ1n) is 9.19. The van der Waals surface area contributed by atoms with E-state index in [1.165, 1.54) is 5.56 Å². The molecule has 1 heterocycles. The van der Waals surface area contributed by atoms with Gasteiger partial charge in [-0.1, -0.05) is 53.5 Å². The average molecular weight is 399 g/mol. The lowest BCUT2D eigenvalue weighted by Gasteiger charge is -2.17. The van der Waals surface area contributed by atoms with Crippen molar-refractivity contribution in [1.29, 1.82) is 0 Å². The number of nitrogens with one attached hydrogen (secondary N) is 1. The van der Waals surface area contributed by atoms with Crippen molar-refractivity contribution in [3.63, 3.8) is 0 Å². The molecule has 2 aromatic carbocycles. The molecule has 0 fully saturated rings. The molecule has 0 aliphatic rings. The number of halogens is 1. The maximum absolute atomic E-state index is 12.8. The lowest BCUT2D eigenvalue weighted by atomic mass is 10.0. The van der Waals surface area contributed by atoms with Crippen molar-refractivity contribution in [2.75, 3.05) is 0 Å². The van der Waals surface area contributed by atoms with Crippen LogP contribution in [0.1, 0.15) is 52.3 Å². The first-order chi connectivity index (χ1) is 13.5. The summed E-state index contributed by atoms with van der Waals surface area (Å²) in [5.41, 5.74) is 3.11. The summed E-state index contributed by atoms with van der Waals surface area (Å²) in [7, 11) is 0. The van der Waals surface area contributed by atoms with Crippen molar-refractivity contribution in [3.05, 3.63) is 81.7 Å². The fourth-order valence-electron chi connectivity index (χ4n) is 2.87. The van der Waals surface area contributed by atoms with Crippen LogP contribution in [0.15, 0.2) is 53.1 Å².